The van der Waals surface area contributed by atoms with Crippen LogP contribution in [0, 0.1) is 0 Å². The van der Waals surface area contributed by atoms with Crippen molar-refractivity contribution in [3.8, 4) is 11.5 Å². The fourth-order valence-corrected chi connectivity index (χ4v) is 2.96. The van der Waals surface area contributed by atoms with E-state index in [-0.39, 0.29) is 6.04 Å². The van der Waals surface area contributed by atoms with Crippen molar-refractivity contribution in [1.29, 1.82) is 0 Å². The lowest BCUT2D eigenvalue weighted by Crippen LogP contribution is -2.07. The highest BCUT2D eigenvalue weighted by atomic mass is 79.9. The van der Waals surface area contributed by atoms with Crippen molar-refractivity contribution in [2.75, 3.05) is 5.32 Å². The van der Waals surface area contributed by atoms with Crippen LogP contribution in [0.1, 0.15) is 31.1 Å². The van der Waals surface area contributed by atoms with Gasteiger partial charge in [0.1, 0.15) is 11.5 Å². The molecular weight excluding hydrogens is 378 g/mol. The lowest BCUT2D eigenvalue weighted by atomic mass is 10.1. The van der Waals surface area contributed by atoms with E-state index < -0.39 is 0 Å². The number of anilines is 1. The fourth-order valence-electron chi connectivity index (χ4n) is 2.70. The Hall–Kier alpha value is -2.27. The molecule has 0 aliphatic rings. The first-order chi connectivity index (χ1) is 12.0. The zero-order chi connectivity index (χ0) is 17.8. The largest absolute Gasteiger partial charge is 0.457 e. The zero-order valence-corrected chi connectivity index (χ0v) is 16.2. The number of benzene rings is 2. The monoisotopic (exact) mass is 399 g/mol. The molecule has 3 aromatic rings. The molecule has 0 radical (unpaired) electrons. The van der Waals surface area contributed by atoms with E-state index in [2.05, 4.69) is 52.3 Å². The smallest absolute Gasteiger partial charge is 0.127 e. The average molecular weight is 400 g/mol. The van der Waals surface area contributed by atoms with Gasteiger partial charge in [0.05, 0.1) is 11.4 Å². The number of rotatable bonds is 6. The minimum atomic E-state index is 0.191. The van der Waals surface area contributed by atoms with Crippen LogP contribution in [0.5, 0.6) is 11.5 Å². The number of nitrogens with one attached hydrogen (secondary N) is 1. The summed E-state index contributed by atoms with van der Waals surface area (Å²) < 4.78 is 8.76. The molecule has 0 spiro atoms. The fraction of sp³-hybridized carbons (Fsp3) is 0.250. The molecule has 0 aliphatic carbocycles. The quantitative estimate of drug-likeness (QED) is 0.576. The predicted molar refractivity (Wildman–Crippen MR) is 105 cm³/mol. The molecule has 1 atom stereocenters. The molecule has 1 N–H and O–H groups in total. The van der Waals surface area contributed by atoms with Gasteiger partial charge in [-0.2, -0.15) is 5.10 Å². The van der Waals surface area contributed by atoms with Crippen molar-refractivity contribution >= 4 is 21.6 Å². The molecule has 130 valence electrons. The van der Waals surface area contributed by atoms with E-state index in [1.807, 2.05) is 54.3 Å². The topological polar surface area (TPSA) is 39.1 Å². The van der Waals surface area contributed by atoms with Crippen molar-refractivity contribution in [3.63, 3.8) is 0 Å². The number of aryl methyl sites for hydroxylation is 2. The normalized spacial score (nSPS) is 12.0. The van der Waals surface area contributed by atoms with Gasteiger partial charge in [-0.1, -0.05) is 35.0 Å². The Morgan fingerprint density at radius 2 is 1.68 bits per heavy atom. The Balaban J connectivity index is 1.67. The lowest BCUT2D eigenvalue weighted by molar-refractivity contribution is 0.482. The third-order valence-corrected chi connectivity index (χ3v) is 4.57. The van der Waals surface area contributed by atoms with Crippen LogP contribution in [0.25, 0.3) is 0 Å². The van der Waals surface area contributed by atoms with Crippen LogP contribution >= 0.6 is 15.9 Å². The minimum Gasteiger partial charge on any atom is -0.457 e. The molecule has 0 saturated carbocycles. The molecule has 5 heteroatoms. The molecule has 0 fully saturated rings. The molecule has 1 heterocycles. The molecule has 2 aromatic carbocycles. The molecule has 0 aliphatic heterocycles. The van der Waals surface area contributed by atoms with Gasteiger partial charge < -0.3 is 10.1 Å². The molecule has 4 nitrogen and oxygen atoms in total. The van der Waals surface area contributed by atoms with Gasteiger partial charge in [0.2, 0.25) is 0 Å². The van der Waals surface area contributed by atoms with Crippen molar-refractivity contribution in [3.05, 3.63) is 70.5 Å². The van der Waals surface area contributed by atoms with E-state index in [1.54, 1.807) is 0 Å². The first kappa shape index (κ1) is 17.5. The molecule has 1 unspecified atom stereocenters. The predicted octanol–water partition coefficient (Wildman–Crippen LogP) is 5.71. The Morgan fingerprint density at radius 3 is 2.28 bits per heavy atom. The molecule has 25 heavy (non-hydrogen) atoms. The zero-order valence-electron chi connectivity index (χ0n) is 14.7. The van der Waals surface area contributed by atoms with Crippen molar-refractivity contribution in [1.82, 2.24) is 9.78 Å². The van der Waals surface area contributed by atoms with Gasteiger partial charge in [-0.05, 0) is 55.3 Å². The maximum atomic E-state index is 5.87. The summed E-state index contributed by atoms with van der Waals surface area (Å²) in [5.41, 5.74) is 3.38. The maximum absolute atomic E-state index is 5.87. The highest BCUT2D eigenvalue weighted by Crippen LogP contribution is 2.26. The second-order valence-electron chi connectivity index (χ2n) is 6.01. The standard InChI is InChI=1S/C20H22BrN3O/c1-4-19-20(13-24(3)23-19)22-14(2)15-5-9-17(10-6-15)25-18-11-7-16(21)8-12-18/h5-14,22H,4H2,1-3H3. The summed E-state index contributed by atoms with van der Waals surface area (Å²) in [6, 6.07) is 16.2. The molecule has 1 aromatic heterocycles. The van der Waals surface area contributed by atoms with Gasteiger partial charge in [0.15, 0.2) is 0 Å². The Kier molecular flexibility index (Phi) is 5.43. The number of halogens is 1. The molecular formula is C20H22BrN3O. The van der Waals surface area contributed by atoms with Crippen molar-refractivity contribution in [2.45, 2.75) is 26.3 Å². The SMILES string of the molecule is CCc1nn(C)cc1NC(C)c1ccc(Oc2ccc(Br)cc2)cc1. The molecule has 0 bridgehead atoms. The summed E-state index contributed by atoms with van der Waals surface area (Å²) in [6.45, 7) is 4.27. The second kappa shape index (κ2) is 7.74. The molecule has 0 amide bonds. The lowest BCUT2D eigenvalue weighted by Gasteiger charge is -2.16. The second-order valence-corrected chi connectivity index (χ2v) is 6.92. The summed E-state index contributed by atoms with van der Waals surface area (Å²) in [5.74, 6) is 1.65. The Morgan fingerprint density at radius 1 is 1.08 bits per heavy atom. The number of nitrogens with zero attached hydrogens (tertiary/aromatic N) is 2. The average Bonchev–Trinajstić information content (AvgIpc) is 2.97. The Bertz CT molecular complexity index is 825. The van der Waals surface area contributed by atoms with Gasteiger partial charge in [0.25, 0.3) is 0 Å². The van der Waals surface area contributed by atoms with Gasteiger partial charge in [-0.15, -0.1) is 0 Å². The van der Waals surface area contributed by atoms with Crippen LogP contribution in [-0.4, -0.2) is 9.78 Å². The van der Waals surface area contributed by atoms with Gasteiger partial charge in [-0.25, -0.2) is 0 Å². The highest BCUT2D eigenvalue weighted by molar-refractivity contribution is 9.10. The third-order valence-electron chi connectivity index (χ3n) is 4.04. The summed E-state index contributed by atoms with van der Waals surface area (Å²) in [4.78, 5) is 0. The number of hydrogen-bond acceptors (Lipinski definition) is 3. The van der Waals surface area contributed by atoms with E-state index in [9.17, 15) is 0 Å². The van der Waals surface area contributed by atoms with E-state index in [4.69, 9.17) is 4.74 Å². The van der Waals surface area contributed by atoms with Crippen LogP contribution in [0.4, 0.5) is 5.69 Å². The van der Waals surface area contributed by atoms with Crippen LogP contribution in [0.2, 0.25) is 0 Å². The minimum absolute atomic E-state index is 0.191. The third kappa shape index (κ3) is 4.42. The van der Waals surface area contributed by atoms with E-state index in [1.165, 1.54) is 5.56 Å². The summed E-state index contributed by atoms with van der Waals surface area (Å²) >= 11 is 3.43. The van der Waals surface area contributed by atoms with Crippen LogP contribution < -0.4 is 10.1 Å². The highest BCUT2D eigenvalue weighted by Gasteiger charge is 2.11. The van der Waals surface area contributed by atoms with Gasteiger partial charge in [-0.3, -0.25) is 4.68 Å². The number of aromatic nitrogens is 2. The van der Waals surface area contributed by atoms with Crippen LogP contribution in [0.15, 0.2) is 59.2 Å². The van der Waals surface area contributed by atoms with Crippen LogP contribution in [-0.2, 0) is 13.5 Å². The maximum Gasteiger partial charge on any atom is 0.127 e. The number of ether oxygens (including phenoxy) is 1. The van der Waals surface area contributed by atoms with Crippen molar-refractivity contribution < 1.29 is 4.74 Å². The van der Waals surface area contributed by atoms with E-state index in [0.29, 0.717) is 0 Å². The first-order valence-corrected chi connectivity index (χ1v) is 9.17. The van der Waals surface area contributed by atoms with Crippen molar-refractivity contribution in [2.24, 2.45) is 7.05 Å². The molecule has 3 rings (SSSR count). The summed E-state index contributed by atoms with van der Waals surface area (Å²) in [5, 5.41) is 8.02. The summed E-state index contributed by atoms with van der Waals surface area (Å²) in [6.07, 6.45) is 2.94. The van der Waals surface area contributed by atoms with Gasteiger partial charge in [0, 0.05) is 23.8 Å². The molecule has 0 saturated heterocycles. The summed E-state index contributed by atoms with van der Waals surface area (Å²) in [7, 11) is 1.95. The van der Waals surface area contributed by atoms with Crippen LogP contribution in [0.3, 0.4) is 0 Å². The number of hydrogen-bond donors (Lipinski definition) is 1. The Labute approximate surface area is 157 Å². The van der Waals surface area contributed by atoms with E-state index in [0.717, 1.165) is 33.8 Å². The van der Waals surface area contributed by atoms with E-state index >= 15 is 0 Å². The first-order valence-electron chi connectivity index (χ1n) is 8.37. The van der Waals surface area contributed by atoms with Gasteiger partial charge >= 0.3 is 0 Å².